The van der Waals surface area contributed by atoms with Crippen molar-refractivity contribution in [2.75, 3.05) is 20.8 Å². The first-order chi connectivity index (χ1) is 8.69. The van der Waals surface area contributed by atoms with Crippen LogP contribution in [-0.2, 0) is 32.0 Å². The van der Waals surface area contributed by atoms with E-state index in [0.29, 0.717) is 0 Å². The fourth-order valence-electron chi connectivity index (χ4n) is 1.38. The van der Waals surface area contributed by atoms with Gasteiger partial charge in [0.2, 0.25) is 0 Å². The standard InChI is InChI=1S/C7H16O10P2/c1-13-18(9,10)15-4-6-5(3-7(8)16-6)17-19(11,12)14-2/h5-8H,3-4H2,1-2H3,(H,9,10)(H,11,12)/p-2/t5-,6-,7?/m1/s1. The lowest BCUT2D eigenvalue weighted by Gasteiger charge is -2.28. The zero-order chi connectivity index (χ0) is 14.7. The average Bonchev–Trinajstić information content (AvgIpc) is 2.66. The van der Waals surface area contributed by atoms with Gasteiger partial charge >= 0.3 is 0 Å². The summed E-state index contributed by atoms with van der Waals surface area (Å²) in [5.74, 6) is 0. The van der Waals surface area contributed by atoms with Crippen LogP contribution in [0, 0.1) is 0 Å². The fourth-order valence-corrected chi connectivity index (χ4v) is 2.45. The van der Waals surface area contributed by atoms with Crippen LogP contribution in [0.15, 0.2) is 0 Å². The average molecular weight is 320 g/mol. The molecule has 0 radical (unpaired) electrons. The Labute approximate surface area is 109 Å². The SMILES string of the molecule is COP(=O)([O-])OC[C@H]1OC(O)C[C@H]1OP(=O)([O-])OC. The Morgan fingerprint density at radius 2 is 1.84 bits per heavy atom. The van der Waals surface area contributed by atoms with Gasteiger partial charge in [0.05, 0.1) is 12.7 Å². The van der Waals surface area contributed by atoms with Gasteiger partial charge in [0.15, 0.2) is 6.29 Å². The number of hydrogen-bond acceptors (Lipinski definition) is 10. The first kappa shape index (κ1) is 17.2. The van der Waals surface area contributed by atoms with E-state index in [4.69, 9.17) is 4.74 Å². The number of hydrogen-bond donors (Lipinski definition) is 1. The summed E-state index contributed by atoms with van der Waals surface area (Å²) in [6, 6.07) is 0. The molecule has 0 saturated carbocycles. The molecule has 1 saturated heterocycles. The monoisotopic (exact) mass is 320 g/mol. The van der Waals surface area contributed by atoms with E-state index in [9.17, 15) is 24.0 Å². The molecule has 0 aromatic carbocycles. The fraction of sp³-hybridized carbons (Fsp3) is 1.00. The first-order valence-corrected chi connectivity index (χ1v) is 8.01. The van der Waals surface area contributed by atoms with Crippen molar-refractivity contribution in [1.29, 1.82) is 0 Å². The smallest absolute Gasteiger partial charge is 0.267 e. The molecule has 3 unspecified atom stereocenters. The Kier molecular flexibility index (Phi) is 6.09. The van der Waals surface area contributed by atoms with E-state index in [2.05, 4.69) is 18.1 Å². The molecule has 5 atom stereocenters. The number of rotatable bonds is 7. The van der Waals surface area contributed by atoms with Crippen molar-refractivity contribution in [3.63, 3.8) is 0 Å². The van der Waals surface area contributed by atoms with Crippen LogP contribution in [0.4, 0.5) is 0 Å². The van der Waals surface area contributed by atoms with Gasteiger partial charge in [0, 0.05) is 20.6 Å². The highest BCUT2D eigenvalue weighted by molar-refractivity contribution is 7.46. The topological polar surface area (TPSA) is 147 Å². The van der Waals surface area contributed by atoms with Crippen molar-refractivity contribution in [3.8, 4) is 0 Å². The van der Waals surface area contributed by atoms with Crippen molar-refractivity contribution in [2.24, 2.45) is 0 Å². The summed E-state index contributed by atoms with van der Waals surface area (Å²) < 4.78 is 44.2. The number of phosphoric acid groups is 2. The number of ether oxygens (including phenoxy) is 1. The molecule has 1 aliphatic heterocycles. The van der Waals surface area contributed by atoms with Crippen molar-refractivity contribution in [2.45, 2.75) is 24.9 Å². The minimum atomic E-state index is -4.53. The molecular weight excluding hydrogens is 306 g/mol. The van der Waals surface area contributed by atoms with Gasteiger partial charge in [0.1, 0.15) is 6.10 Å². The van der Waals surface area contributed by atoms with Crippen LogP contribution < -0.4 is 9.79 Å². The van der Waals surface area contributed by atoms with Gasteiger partial charge < -0.3 is 37.7 Å². The van der Waals surface area contributed by atoms with Gasteiger partial charge in [-0.2, -0.15) is 0 Å². The highest BCUT2D eigenvalue weighted by atomic mass is 31.2. The van der Waals surface area contributed by atoms with Crippen molar-refractivity contribution < 1.29 is 46.9 Å². The third-order valence-corrected chi connectivity index (χ3v) is 4.18. The first-order valence-electron chi connectivity index (χ1n) is 5.09. The zero-order valence-electron chi connectivity index (χ0n) is 10.2. The molecule has 1 fully saturated rings. The molecule has 0 aromatic rings. The van der Waals surface area contributed by atoms with Crippen LogP contribution in [0.25, 0.3) is 0 Å². The van der Waals surface area contributed by atoms with E-state index < -0.39 is 40.8 Å². The van der Waals surface area contributed by atoms with E-state index in [-0.39, 0.29) is 6.42 Å². The maximum atomic E-state index is 11.1. The maximum absolute atomic E-state index is 11.1. The lowest BCUT2D eigenvalue weighted by atomic mass is 10.2. The summed E-state index contributed by atoms with van der Waals surface area (Å²) in [5, 5.41) is 9.26. The maximum Gasteiger partial charge on any atom is 0.267 e. The van der Waals surface area contributed by atoms with Crippen LogP contribution in [0.3, 0.4) is 0 Å². The number of phosphoric ester groups is 2. The summed E-state index contributed by atoms with van der Waals surface area (Å²) >= 11 is 0. The molecule has 0 aromatic heterocycles. The number of aliphatic hydroxyl groups excluding tert-OH is 1. The molecule has 0 amide bonds. The zero-order valence-corrected chi connectivity index (χ0v) is 12.0. The van der Waals surface area contributed by atoms with E-state index in [0.717, 1.165) is 14.2 Å². The second-order valence-electron chi connectivity index (χ2n) is 3.56. The van der Waals surface area contributed by atoms with E-state index in [1.165, 1.54) is 0 Å². The van der Waals surface area contributed by atoms with E-state index >= 15 is 0 Å². The van der Waals surface area contributed by atoms with Gasteiger partial charge in [-0.05, 0) is 0 Å². The predicted molar refractivity (Wildman–Crippen MR) is 55.6 cm³/mol. The number of aliphatic hydroxyl groups is 1. The lowest BCUT2D eigenvalue weighted by molar-refractivity contribution is -0.231. The molecule has 114 valence electrons. The Morgan fingerprint density at radius 1 is 1.26 bits per heavy atom. The normalized spacial score (nSPS) is 33.8. The second kappa shape index (κ2) is 6.73. The Hall–Kier alpha value is 0.140. The molecule has 1 aliphatic rings. The van der Waals surface area contributed by atoms with Crippen LogP contribution in [0.2, 0.25) is 0 Å². The highest BCUT2D eigenvalue weighted by Gasteiger charge is 2.38. The largest absolute Gasteiger partial charge is 0.756 e. The summed E-state index contributed by atoms with van der Waals surface area (Å²) in [7, 11) is -7.20. The van der Waals surface area contributed by atoms with Crippen LogP contribution in [0.1, 0.15) is 6.42 Å². The minimum Gasteiger partial charge on any atom is -0.756 e. The molecule has 10 nitrogen and oxygen atoms in total. The third kappa shape index (κ3) is 5.57. The molecule has 19 heavy (non-hydrogen) atoms. The minimum absolute atomic E-state index is 0.167. The van der Waals surface area contributed by atoms with Gasteiger partial charge in [-0.1, -0.05) is 0 Å². The van der Waals surface area contributed by atoms with Gasteiger partial charge in [-0.25, -0.2) is 0 Å². The summed E-state index contributed by atoms with van der Waals surface area (Å²) in [6.45, 7) is -0.555. The Bertz CT molecular complexity index is 386. The Morgan fingerprint density at radius 3 is 2.37 bits per heavy atom. The molecule has 0 bridgehead atoms. The Balaban J connectivity index is 2.60. The molecule has 12 heteroatoms. The molecule has 0 aliphatic carbocycles. The van der Waals surface area contributed by atoms with Crippen molar-refractivity contribution >= 4 is 15.6 Å². The van der Waals surface area contributed by atoms with Crippen LogP contribution >= 0.6 is 15.6 Å². The van der Waals surface area contributed by atoms with Gasteiger partial charge in [-0.15, -0.1) is 0 Å². The van der Waals surface area contributed by atoms with Crippen molar-refractivity contribution in [3.05, 3.63) is 0 Å². The highest BCUT2D eigenvalue weighted by Crippen LogP contribution is 2.43. The summed E-state index contributed by atoms with van der Waals surface area (Å²) in [5.41, 5.74) is 0. The molecule has 1 heterocycles. The van der Waals surface area contributed by atoms with Crippen molar-refractivity contribution in [1.82, 2.24) is 0 Å². The molecular formula is C7H14O10P2-2. The van der Waals surface area contributed by atoms with Crippen LogP contribution in [-0.4, -0.2) is 44.4 Å². The lowest BCUT2D eigenvalue weighted by Crippen LogP contribution is -2.30. The molecule has 1 rings (SSSR count). The van der Waals surface area contributed by atoms with Gasteiger partial charge in [0.25, 0.3) is 15.6 Å². The quantitative estimate of drug-likeness (QED) is 0.563. The second-order valence-corrected chi connectivity index (χ2v) is 6.55. The van der Waals surface area contributed by atoms with E-state index in [1.807, 2.05) is 0 Å². The summed E-state index contributed by atoms with van der Waals surface area (Å²) in [6.07, 6.45) is -3.66. The van der Waals surface area contributed by atoms with Gasteiger partial charge in [-0.3, -0.25) is 9.13 Å². The van der Waals surface area contributed by atoms with Crippen LogP contribution in [0.5, 0.6) is 0 Å². The third-order valence-electron chi connectivity index (χ3n) is 2.29. The predicted octanol–water partition coefficient (Wildman–Crippen LogP) is -1.27. The molecule has 1 N–H and O–H groups in total. The summed E-state index contributed by atoms with van der Waals surface area (Å²) in [4.78, 5) is 22.1. The molecule has 0 spiro atoms. The van der Waals surface area contributed by atoms with E-state index in [1.54, 1.807) is 0 Å².